The number of imidazole rings is 1. The molecular formula is C23H27N7OS. The number of nitrogens with two attached hydrogens (primary N) is 1. The van der Waals surface area contributed by atoms with Gasteiger partial charge in [-0.2, -0.15) is 5.10 Å². The molecule has 1 spiro atoms. The summed E-state index contributed by atoms with van der Waals surface area (Å²) in [6.07, 6.45) is 7.91. The van der Waals surface area contributed by atoms with Gasteiger partial charge in [0.2, 0.25) is 5.95 Å². The molecule has 2 fully saturated rings. The molecule has 0 radical (unpaired) electrons. The Kier molecular flexibility index (Phi) is 4.67. The molecule has 2 aliphatic rings. The highest BCUT2D eigenvalue weighted by atomic mass is 32.2. The number of ether oxygens (including phenoxy) is 1. The Labute approximate surface area is 190 Å². The zero-order valence-corrected chi connectivity index (χ0v) is 19.1. The lowest BCUT2D eigenvalue weighted by atomic mass is 9.73. The summed E-state index contributed by atoms with van der Waals surface area (Å²) < 4.78 is 8.01. The van der Waals surface area contributed by atoms with E-state index in [1.54, 1.807) is 11.8 Å². The molecule has 0 amide bonds. The van der Waals surface area contributed by atoms with E-state index in [0.717, 1.165) is 70.5 Å². The van der Waals surface area contributed by atoms with Gasteiger partial charge >= 0.3 is 0 Å². The number of rotatable bonds is 3. The predicted octanol–water partition coefficient (Wildman–Crippen LogP) is 3.40. The van der Waals surface area contributed by atoms with Gasteiger partial charge in [-0.1, -0.05) is 11.8 Å². The van der Waals surface area contributed by atoms with Crippen LogP contribution in [0.3, 0.4) is 0 Å². The van der Waals surface area contributed by atoms with Crippen LogP contribution in [0.25, 0.3) is 16.6 Å². The molecule has 8 nitrogen and oxygen atoms in total. The van der Waals surface area contributed by atoms with Gasteiger partial charge in [0, 0.05) is 47.2 Å². The Morgan fingerprint density at radius 2 is 2.12 bits per heavy atom. The Morgan fingerprint density at radius 3 is 2.91 bits per heavy atom. The van der Waals surface area contributed by atoms with Gasteiger partial charge < -0.3 is 15.4 Å². The number of benzene rings is 1. The molecule has 0 aliphatic carbocycles. The van der Waals surface area contributed by atoms with Crippen molar-refractivity contribution >= 4 is 34.3 Å². The van der Waals surface area contributed by atoms with Crippen LogP contribution in [0, 0.1) is 12.3 Å². The first-order valence-corrected chi connectivity index (χ1v) is 11.9. The zero-order valence-electron chi connectivity index (χ0n) is 18.3. The third-order valence-corrected chi connectivity index (χ3v) is 8.35. The van der Waals surface area contributed by atoms with Crippen LogP contribution < -0.4 is 10.6 Å². The molecular weight excluding hydrogens is 422 g/mol. The molecule has 32 heavy (non-hydrogen) atoms. The van der Waals surface area contributed by atoms with Crippen molar-refractivity contribution < 1.29 is 4.74 Å². The van der Waals surface area contributed by atoms with E-state index in [9.17, 15) is 0 Å². The molecule has 4 aromatic rings. The van der Waals surface area contributed by atoms with Gasteiger partial charge in [0.1, 0.15) is 0 Å². The fourth-order valence-corrected chi connectivity index (χ4v) is 6.11. The Hall–Kier alpha value is -2.62. The van der Waals surface area contributed by atoms with Crippen molar-refractivity contribution in [1.29, 1.82) is 0 Å². The molecule has 0 unspecified atom stereocenters. The SMILES string of the molecule is Cc1nc(N2CCC3(CC2)CO[C@@H](C)[C@H]3N)n2ccnc2c1Sc1ccc2[nH]ncc2c1. The van der Waals surface area contributed by atoms with Crippen molar-refractivity contribution in [3.63, 3.8) is 0 Å². The van der Waals surface area contributed by atoms with E-state index in [0.29, 0.717) is 0 Å². The zero-order chi connectivity index (χ0) is 21.9. The van der Waals surface area contributed by atoms with Crippen molar-refractivity contribution in [2.75, 3.05) is 24.6 Å². The molecule has 6 rings (SSSR count). The van der Waals surface area contributed by atoms with Gasteiger partial charge in [-0.05, 0) is 44.9 Å². The molecule has 2 saturated heterocycles. The molecule has 3 aromatic heterocycles. The fraction of sp³-hybridized carbons (Fsp3) is 0.435. The first kappa shape index (κ1) is 20.0. The Bertz CT molecular complexity index is 1290. The van der Waals surface area contributed by atoms with Crippen molar-refractivity contribution in [3.8, 4) is 0 Å². The number of fused-ring (bicyclic) bond motifs is 2. The van der Waals surface area contributed by atoms with E-state index in [-0.39, 0.29) is 17.6 Å². The number of aromatic amines is 1. The van der Waals surface area contributed by atoms with E-state index in [2.05, 4.69) is 51.5 Å². The fourth-order valence-electron chi connectivity index (χ4n) is 5.12. The molecule has 2 aliphatic heterocycles. The van der Waals surface area contributed by atoms with E-state index >= 15 is 0 Å². The molecule has 3 N–H and O–H groups in total. The molecule has 9 heteroatoms. The lowest BCUT2D eigenvalue weighted by Gasteiger charge is -2.41. The standard InChI is InChI=1S/C23H27N7OS/c1-14-19(32-17-3-4-18-16(11-17)12-26-28-18)21-25-7-10-30(21)22(27-14)29-8-5-23(6-9-29)13-31-15(2)20(23)24/h3-4,7,10-12,15,20H,5-6,8-9,13,24H2,1-2H3,(H,26,28)/t15-,20+/m0/s1. The summed E-state index contributed by atoms with van der Waals surface area (Å²) in [5, 5.41) is 8.23. The lowest BCUT2D eigenvalue weighted by molar-refractivity contribution is 0.0973. The van der Waals surface area contributed by atoms with Gasteiger partial charge in [0.05, 0.1) is 35.0 Å². The molecule has 2 atom stereocenters. The maximum absolute atomic E-state index is 6.51. The average Bonchev–Trinajstić information content (AvgIpc) is 3.53. The first-order chi connectivity index (χ1) is 15.5. The lowest BCUT2D eigenvalue weighted by Crippen LogP contribution is -2.51. The van der Waals surface area contributed by atoms with E-state index in [1.807, 2.05) is 18.6 Å². The smallest absolute Gasteiger partial charge is 0.211 e. The van der Waals surface area contributed by atoms with Crippen LogP contribution in [0.15, 0.2) is 46.6 Å². The van der Waals surface area contributed by atoms with Crippen LogP contribution in [0.4, 0.5) is 5.95 Å². The number of piperidine rings is 1. The second-order valence-electron chi connectivity index (χ2n) is 9.06. The van der Waals surface area contributed by atoms with Crippen molar-refractivity contribution in [2.24, 2.45) is 11.1 Å². The maximum Gasteiger partial charge on any atom is 0.211 e. The Balaban J connectivity index is 1.30. The van der Waals surface area contributed by atoms with E-state index in [4.69, 9.17) is 20.4 Å². The number of H-pyrrole nitrogens is 1. The topological polar surface area (TPSA) is 97.4 Å². The van der Waals surface area contributed by atoms with Crippen LogP contribution >= 0.6 is 11.8 Å². The van der Waals surface area contributed by atoms with Gasteiger partial charge in [-0.15, -0.1) is 0 Å². The summed E-state index contributed by atoms with van der Waals surface area (Å²) in [6, 6.07) is 6.43. The first-order valence-electron chi connectivity index (χ1n) is 11.1. The number of hydrogen-bond donors (Lipinski definition) is 2. The van der Waals surface area contributed by atoms with Gasteiger partial charge in [0.25, 0.3) is 0 Å². The number of aryl methyl sites for hydroxylation is 1. The molecule has 5 heterocycles. The highest BCUT2D eigenvalue weighted by Gasteiger charge is 2.47. The summed E-state index contributed by atoms with van der Waals surface area (Å²) in [5.74, 6) is 0.958. The number of hydrogen-bond acceptors (Lipinski definition) is 7. The minimum absolute atomic E-state index is 0.0978. The van der Waals surface area contributed by atoms with Crippen LogP contribution in [-0.2, 0) is 4.74 Å². The summed E-state index contributed by atoms with van der Waals surface area (Å²) in [7, 11) is 0. The number of nitrogens with one attached hydrogen (secondary N) is 1. The second kappa shape index (κ2) is 7.47. The summed E-state index contributed by atoms with van der Waals surface area (Å²) in [6.45, 7) is 6.78. The third-order valence-electron chi connectivity index (χ3n) is 7.18. The van der Waals surface area contributed by atoms with Crippen LogP contribution in [0.5, 0.6) is 0 Å². The second-order valence-corrected chi connectivity index (χ2v) is 10.1. The maximum atomic E-state index is 6.51. The van der Waals surface area contributed by atoms with Gasteiger partial charge in [0.15, 0.2) is 5.65 Å². The molecule has 0 saturated carbocycles. The minimum Gasteiger partial charge on any atom is -0.376 e. The van der Waals surface area contributed by atoms with Crippen LogP contribution in [-0.4, -0.2) is 56.4 Å². The van der Waals surface area contributed by atoms with Crippen molar-refractivity contribution in [2.45, 2.75) is 48.6 Å². The van der Waals surface area contributed by atoms with Crippen molar-refractivity contribution in [1.82, 2.24) is 24.6 Å². The monoisotopic (exact) mass is 449 g/mol. The van der Waals surface area contributed by atoms with Crippen molar-refractivity contribution in [3.05, 3.63) is 42.5 Å². The number of anilines is 1. The van der Waals surface area contributed by atoms with E-state index in [1.165, 1.54) is 0 Å². The van der Waals surface area contributed by atoms with Crippen LogP contribution in [0.2, 0.25) is 0 Å². The summed E-state index contributed by atoms with van der Waals surface area (Å²) >= 11 is 1.70. The summed E-state index contributed by atoms with van der Waals surface area (Å²) in [5.41, 5.74) is 9.58. The highest BCUT2D eigenvalue weighted by molar-refractivity contribution is 7.99. The largest absolute Gasteiger partial charge is 0.376 e. The minimum atomic E-state index is 0.0978. The van der Waals surface area contributed by atoms with Crippen LogP contribution in [0.1, 0.15) is 25.5 Å². The molecule has 0 bridgehead atoms. The Morgan fingerprint density at radius 1 is 1.28 bits per heavy atom. The van der Waals surface area contributed by atoms with Gasteiger partial charge in [-0.25, -0.2) is 9.97 Å². The summed E-state index contributed by atoms with van der Waals surface area (Å²) in [4.78, 5) is 14.3. The molecule has 1 aromatic carbocycles. The normalized spacial score (nSPS) is 23.0. The number of aromatic nitrogens is 5. The van der Waals surface area contributed by atoms with E-state index < -0.39 is 0 Å². The molecule has 166 valence electrons. The predicted molar refractivity (Wildman–Crippen MR) is 125 cm³/mol. The number of nitrogens with zero attached hydrogens (tertiary/aromatic N) is 5. The van der Waals surface area contributed by atoms with Gasteiger partial charge in [-0.3, -0.25) is 9.50 Å². The highest BCUT2D eigenvalue weighted by Crippen LogP contribution is 2.42. The quantitative estimate of drug-likeness (QED) is 0.495. The average molecular weight is 450 g/mol. The third kappa shape index (κ3) is 3.10.